The first-order valence-electron chi connectivity index (χ1n) is 4.18. The van der Waals surface area contributed by atoms with Crippen molar-refractivity contribution >= 4 is 0 Å². The molecule has 3 rings (SSSR count). The summed E-state index contributed by atoms with van der Waals surface area (Å²) in [6.07, 6.45) is 4.12. The van der Waals surface area contributed by atoms with E-state index in [0.717, 1.165) is 12.5 Å². The van der Waals surface area contributed by atoms with Gasteiger partial charge in [0.15, 0.2) is 0 Å². The summed E-state index contributed by atoms with van der Waals surface area (Å²) in [4.78, 5) is 2.45. The van der Waals surface area contributed by atoms with Crippen LogP contribution in [0.2, 0.25) is 0 Å². The average molecular weight is 140 g/mol. The molecular formula is C8H16N2. The Bertz CT molecular complexity index is 138. The van der Waals surface area contributed by atoms with Crippen molar-refractivity contribution in [3.05, 3.63) is 0 Å². The molecule has 2 bridgehead atoms. The van der Waals surface area contributed by atoms with Crippen LogP contribution in [0.4, 0.5) is 0 Å². The molecule has 1 saturated carbocycles. The minimum absolute atomic E-state index is 0.433. The van der Waals surface area contributed by atoms with E-state index in [1.807, 2.05) is 0 Å². The molecule has 10 heavy (non-hydrogen) atoms. The van der Waals surface area contributed by atoms with Crippen LogP contribution in [0.3, 0.4) is 0 Å². The van der Waals surface area contributed by atoms with Crippen LogP contribution in [-0.2, 0) is 0 Å². The molecule has 2 heteroatoms. The number of likely N-dealkylation sites (N-methyl/N-ethyl adjacent to an activating group) is 1. The van der Waals surface area contributed by atoms with Crippen molar-refractivity contribution in [1.29, 1.82) is 0 Å². The lowest BCUT2D eigenvalue weighted by atomic mass is 9.63. The van der Waals surface area contributed by atoms with Gasteiger partial charge in [-0.2, -0.15) is 0 Å². The predicted molar refractivity (Wildman–Crippen MR) is 41.8 cm³/mol. The van der Waals surface area contributed by atoms with Crippen LogP contribution in [0.1, 0.15) is 19.3 Å². The molecule has 0 unspecified atom stereocenters. The fraction of sp³-hybridized carbons (Fsp3) is 1.00. The zero-order valence-electron chi connectivity index (χ0n) is 6.64. The number of fused-ring (bicyclic) bond motifs is 2. The van der Waals surface area contributed by atoms with Crippen molar-refractivity contribution in [1.82, 2.24) is 4.90 Å². The first kappa shape index (κ1) is 6.62. The number of rotatable bonds is 1. The van der Waals surface area contributed by atoms with Gasteiger partial charge in [-0.3, -0.25) is 4.90 Å². The molecule has 1 aliphatic carbocycles. The van der Waals surface area contributed by atoms with Crippen LogP contribution >= 0.6 is 0 Å². The molecule has 2 N–H and O–H groups in total. The summed E-state index contributed by atoms with van der Waals surface area (Å²) in [6, 6.07) is 0. The molecule has 0 radical (unpaired) electrons. The predicted octanol–water partition coefficient (Wildman–Crippen LogP) is 0.429. The summed E-state index contributed by atoms with van der Waals surface area (Å²) in [5.74, 6) is 1.01. The zero-order chi connectivity index (χ0) is 7.19. The van der Waals surface area contributed by atoms with Crippen molar-refractivity contribution in [2.75, 3.05) is 20.1 Å². The number of nitrogens with two attached hydrogens (primary N) is 1. The van der Waals surface area contributed by atoms with E-state index >= 15 is 0 Å². The maximum Gasteiger partial charge on any atom is 0.0334 e. The van der Waals surface area contributed by atoms with Crippen molar-refractivity contribution < 1.29 is 0 Å². The first-order valence-corrected chi connectivity index (χ1v) is 4.18. The molecule has 2 nitrogen and oxygen atoms in total. The summed E-state index contributed by atoms with van der Waals surface area (Å²) in [7, 11) is 2.21. The van der Waals surface area contributed by atoms with Gasteiger partial charge >= 0.3 is 0 Å². The van der Waals surface area contributed by atoms with E-state index in [0.29, 0.717) is 5.54 Å². The van der Waals surface area contributed by atoms with Gasteiger partial charge in [0.2, 0.25) is 0 Å². The van der Waals surface area contributed by atoms with Crippen LogP contribution < -0.4 is 5.73 Å². The van der Waals surface area contributed by atoms with Gasteiger partial charge in [0, 0.05) is 12.1 Å². The van der Waals surface area contributed by atoms with E-state index in [2.05, 4.69) is 11.9 Å². The smallest absolute Gasteiger partial charge is 0.0334 e. The highest BCUT2D eigenvalue weighted by Crippen LogP contribution is 2.47. The van der Waals surface area contributed by atoms with Crippen LogP contribution in [0.5, 0.6) is 0 Å². The van der Waals surface area contributed by atoms with Gasteiger partial charge in [0.1, 0.15) is 0 Å². The molecule has 2 heterocycles. The lowest BCUT2D eigenvalue weighted by molar-refractivity contribution is -0.0543. The molecule has 0 amide bonds. The van der Waals surface area contributed by atoms with E-state index in [4.69, 9.17) is 5.73 Å². The third kappa shape index (κ3) is 0.663. The lowest BCUT2D eigenvalue weighted by Crippen LogP contribution is -2.64. The van der Waals surface area contributed by atoms with Gasteiger partial charge in [0.05, 0.1) is 0 Å². The maximum absolute atomic E-state index is 5.72. The van der Waals surface area contributed by atoms with Crippen molar-refractivity contribution in [2.24, 2.45) is 11.7 Å². The fourth-order valence-electron chi connectivity index (χ4n) is 2.47. The van der Waals surface area contributed by atoms with Crippen LogP contribution in [0.15, 0.2) is 0 Å². The monoisotopic (exact) mass is 140 g/mol. The minimum Gasteiger partial charge on any atom is -0.329 e. The highest BCUT2D eigenvalue weighted by Gasteiger charge is 2.49. The molecular weight excluding hydrogens is 124 g/mol. The largest absolute Gasteiger partial charge is 0.329 e. The molecule has 0 aromatic heterocycles. The number of nitrogens with zero attached hydrogens (tertiary/aromatic N) is 1. The molecule has 3 aliphatic rings. The third-order valence-corrected chi connectivity index (χ3v) is 3.40. The Morgan fingerprint density at radius 3 is 2.70 bits per heavy atom. The second kappa shape index (κ2) is 1.95. The van der Waals surface area contributed by atoms with E-state index in [9.17, 15) is 0 Å². The summed E-state index contributed by atoms with van der Waals surface area (Å²) < 4.78 is 0. The Kier molecular flexibility index (Phi) is 1.29. The normalized spacial score (nSPS) is 46.8. The Hall–Kier alpha value is -0.0800. The van der Waals surface area contributed by atoms with Gasteiger partial charge in [-0.1, -0.05) is 0 Å². The number of piperidine rings is 2. The van der Waals surface area contributed by atoms with Crippen LogP contribution in [0.25, 0.3) is 0 Å². The van der Waals surface area contributed by atoms with Gasteiger partial charge in [-0.25, -0.2) is 0 Å². The van der Waals surface area contributed by atoms with Crippen molar-refractivity contribution in [3.8, 4) is 0 Å². The quantitative estimate of drug-likeness (QED) is 0.572. The number of hydrogen-bond acceptors (Lipinski definition) is 2. The number of hydrogen-bond donors (Lipinski definition) is 1. The zero-order valence-corrected chi connectivity index (χ0v) is 6.64. The van der Waals surface area contributed by atoms with Crippen molar-refractivity contribution in [3.63, 3.8) is 0 Å². The minimum atomic E-state index is 0.433. The topological polar surface area (TPSA) is 29.3 Å². The summed E-state index contributed by atoms with van der Waals surface area (Å²) >= 11 is 0. The maximum atomic E-state index is 5.72. The Labute approximate surface area is 62.4 Å². The lowest BCUT2D eigenvalue weighted by Gasteiger charge is -2.57. The van der Waals surface area contributed by atoms with Gasteiger partial charge in [0.25, 0.3) is 0 Å². The molecule has 2 saturated heterocycles. The van der Waals surface area contributed by atoms with E-state index in [1.165, 1.54) is 25.8 Å². The molecule has 0 aromatic rings. The Morgan fingerprint density at radius 1 is 1.60 bits per heavy atom. The molecule has 3 fully saturated rings. The molecule has 0 spiro atoms. The highest BCUT2D eigenvalue weighted by atomic mass is 15.2. The third-order valence-electron chi connectivity index (χ3n) is 3.40. The molecule has 0 atom stereocenters. The summed E-state index contributed by atoms with van der Waals surface area (Å²) in [5.41, 5.74) is 6.16. The average Bonchev–Trinajstić information content (AvgIpc) is 1.86. The van der Waals surface area contributed by atoms with Crippen LogP contribution in [-0.4, -0.2) is 30.6 Å². The Balaban J connectivity index is 2.09. The summed E-state index contributed by atoms with van der Waals surface area (Å²) in [6.45, 7) is 2.13. The molecule has 58 valence electrons. The van der Waals surface area contributed by atoms with Gasteiger partial charge in [-0.05, 0) is 38.8 Å². The van der Waals surface area contributed by atoms with Crippen molar-refractivity contribution in [2.45, 2.75) is 24.8 Å². The summed E-state index contributed by atoms with van der Waals surface area (Å²) in [5, 5.41) is 0. The SMILES string of the molecule is CN1CCC2CC1(CN)C2. The van der Waals surface area contributed by atoms with E-state index in [-0.39, 0.29) is 0 Å². The second-order valence-electron chi connectivity index (χ2n) is 3.91. The standard InChI is InChI=1S/C8H16N2/c1-10-3-2-7-4-8(10,5-7)6-9/h7H,2-6,9H2,1H3. The Morgan fingerprint density at radius 2 is 2.30 bits per heavy atom. The molecule has 0 aromatic carbocycles. The van der Waals surface area contributed by atoms with Gasteiger partial charge in [-0.15, -0.1) is 0 Å². The van der Waals surface area contributed by atoms with Gasteiger partial charge < -0.3 is 5.73 Å². The van der Waals surface area contributed by atoms with E-state index in [1.54, 1.807) is 0 Å². The fourth-order valence-corrected chi connectivity index (χ4v) is 2.47. The second-order valence-corrected chi connectivity index (χ2v) is 3.91. The first-order chi connectivity index (χ1) is 4.77. The van der Waals surface area contributed by atoms with E-state index < -0.39 is 0 Å². The van der Waals surface area contributed by atoms with Crippen LogP contribution in [0, 0.1) is 5.92 Å². The highest BCUT2D eigenvalue weighted by molar-refractivity contribution is 5.06. The molecule has 2 aliphatic heterocycles.